The number of hydrogen-bond donors (Lipinski definition) is 11. The van der Waals surface area contributed by atoms with Crippen LogP contribution in [0.2, 0.25) is 0 Å². The number of hydrogen-bond acceptors (Lipinski definition) is 8. The predicted octanol–water partition coefficient (Wildman–Crippen LogP) is -6.22. The summed E-state index contributed by atoms with van der Waals surface area (Å²) in [4.78, 5) is 84.7. The number of rotatable bonds is 23. The summed E-state index contributed by atoms with van der Waals surface area (Å²) in [6.45, 7) is 0.212. The molecule has 0 saturated heterocycles. The van der Waals surface area contributed by atoms with Crippen LogP contribution >= 0.6 is 0 Å². The number of unbranched alkanes of at least 4 members (excludes halogenated alkanes) is 2. The molecule has 0 fully saturated rings. The van der Waals surface area contributed by atoms with Gasteiger partial charge in [0.15, 0.2) is 6.04 Å². The summed E-state index contributed by atoms with van der Waals surface area (Å²) in [5, 5.41) is 45.8. The first-order chi connectivity index (χ1) is 19.8. The SMILES string of the molecule is [NH3+]CCCC[C@H](NC(=O)[C@H](CCC(=O)O)NC(=O)[C@@H]([NH3+])CCCC[NH3+])C(=O)N[C@@H](CO)C(=O)N[C@@H](CC(=O)O)C(=O)O. The molecule has 0 radical (unpaired) electrons. The third kappa shape index (κ3) is 15.8. The van der Waals surface area contributed by atoms with Crippen LogP contribution in [0.4, 0.5) is 0 Å². The maximum Gasteiger partial charge on any atom is 0.326 e. The second-order valence-corrected chi connectivity index (χ2v) is 9.69. The first-order valence-electron chi connectivity index (χ1n) is 13.7. The van der Waals surface area contributed by atoms with Crippen LogP contribution in [-0.2, 0) is 33.6 Å². The molecule has 17 N–H and O–H groups in total. The van der Waals surface area contributed by atoms with Gasteiger partial charge in [0, 0.05) is 12.8 Å². The van der Waals surface area contributed by atoms with Gasteiger partial charge in [-0.3, -0.25) is 28.8 Å². The second-order valence-electron chi connectivity index (χ2n) is 9.69. The molecule has 240 valence electrons. The van der Waals surface area contributed by atoms with Gasteiger partial charge in [0.1, 0.15) is 24.2 Å². The molecule has 0 rings (SSSR count). The first kappa shape index (κ1) is 38.1. The highest BCUT2D eigenvalue weighted by Crippen LogP contribution is 2.06. The highest BCUT2D eigenvalue weighted by Gasteiger charge is 2.32. The van der Waals surface area contributed by atoms with Crippen molar-refractivity contribution in [1.29, 1.82) is 0 Å². The number of aliphatic hydroxyl groups is 1. The van der Waals surface area contributed by atoms with Crippen LogP contribution in [0.3, 0.4) is 0 Å². The van der Waals surface area contributed by atoms with E-state index < -0.39 is 91.2 Å². The Balaban J connectivity index is 5.71. The molecule has 5 atom stereocenters. The maximum atomic E-state index is 13.1. The Labute approximate surface area is 242 Å². The summed E-state index contributed by atoms with van der Waals surface area (Å²) in [6, 6.07) is -6.85. The Morgan fingerprint density at radius 1 is 0.571 bits per heavy atom. The lowest BCUT2D eigenvalue weighted by atomic mass is 10.0. The average Bonchev–Trinajstić information content (AvgIpc) is 2.92. The Hall–Kier alpha value is -3.87. The van der Waals surface area contributed by atoms with E-state index in [0.29, 0.717) is 38.8 Å². The van der Waals surface area contributed by atoms with Crippen LogP contribution in [0.15, 0.2) is 0 Å². The van der Waals surface area contributed by atoms with Gasteiger partial charge in [-0.15, -0.1) is 0 Å². The number of quaternary nitrogens is 3. The maximum absolute atomic E-state index is 13.1. The zero-order valence-corrected chi connectivity index (χ0v) is 23.6. The van der Waals surface area contributed by atoms with Gasteiger partial charge < -0.3 is 58.9 Å². The average molecular weight is 609 g/mol. The van der Waals surface area contributed by atoms with E-state index in [0.717, 1.165) is 6.42 Å². The van der Waals surface area contributed by atoms with Gasteiger partial charge in [0.25, 0.3) is 5.91 Å². The lowest BCUT2D eigenvalue weighted by Crippen LogP contribution is -2.69. The van der Waals surface area contributed by atoms with Crippen molar-refractivity contribution in [2.24, 2.45) is 0 Å². The first-order valence-corrected chi connectivity index (χ1v) is 13.7. The van der Waals surface area contributed by atoms with Gasteiger partial charge in [-0.05, 0) is 38.5 Å². The smallest absolute Gasteiger partial charge is 0.326 e. The minimum Gasteiger partial charge on any atom is -0.481 e. The van der Waals surface area contributed by atoms with Crippen molar-refractivity contribution >= 4 is 41.5 Å². The van der Waals surface area contributed by atoms with Crippen LogP contribution in [0.5, 0.6) is 0 Å². The highest BCUT2D eigenvalue weighted by molar-refractivity contribution is 5.95. The van der Waals surface area contributed by atoms with Crippen LogP contribution < -0.4 is 38.5 Å². The molecule has 18 nitrogen and oxygen atoms in total. The minimum absolute atomic E-state index is 0.0479. The monoisotopic (exact) mass is 608 g/mol. The van der Waals surface area contributed by atoms with Crippen molar-refractivity contribution in [2.75, 3.05) is 19.7 Å². The molecule has 0 aromatic rings. The van der Waals surface area contributed by atoms with E-state index in [9.17, 15) is 38.7 Å². The molecule has 0 bridgehead atoms. The number of carbonyl (C=O) groups is 7. The number of carbonyl (C=O) groups excluding carboxylic acids is 4. The third-order valence-electron chi connectivity index (χ3n) is 6.14. The Morgan fingerprint density at radius 2 is 1.02 bits per heavy atom. The predicted molar refractivity (Wildman–Crippen MR) is 141 cm³/mol. The molecule has 42 heavy (non-hydrogen) atoms. The highest BCUT2D eigenvalue weighted by atomic mass is 16.4. The lowest BCUT2D eigenvalue weighted by molar-refractivity contribution is -0.406. The molecule has 0 aromatic carbocycles. The molecule has 0 heterocycles. The molecule has 0 aliphatic rings. The number of carboxylic acids is 3. The van der Waals surface area contributed by atoms with Gasteiger partial charge in [0.2, 0.25) is 17.7 Å². The van der Waals surface area contributed by atoms with E-state index in [2.05, 4.69) is 33.2 Å². The fourth-order valence-electron chi connectivity index (χ4n) is 3.70. The van der Waals surface area contributed by atoms with E-state index >= 15 is 0 Å². The normalized spacial score (nSPS) is 14.4. The fourth-order valence-corrected chi connectivity index (χ4v) is 3.70. The molecule has 18 heteroatoms. The summed E-state index contributed by atoms with van der Waals surface area (Å²) >= 11 is 0. The summed E-state index contributed by atoms with van der Waals surface area (Å²) in [5.74, 6) is -7.90. The zero-order chi connectivity index (χ0) is 32.2. The molecular formula is C24H46N7O11+3. The van der Waals surface area contributed by atoms with Gasteiger partial charge in [-0.2, -0.15) is 0 Å². The van der Waals surface area contributed by atoms with Crippen molar-refractivity contribution in [3.05, 3.63) is 0 Å². The number of aliphatic carboxylic acids is 3. The van der Waals surface area contributed by atoms with Crippen molar-refractivity contribution in [1.82, 2.24) is 21.3 Å². The summed E-state index contributed by atoms with van der Waals surface area (Å²) < 4.78 is 0. The Morgan fingerprint density at radius 3 is 1.50 bits per heavy atom. The van der Waals surface area contributed by atoms with Crippen LogP contribution in [-0.4, -0.2) is 112 Å². The van der Waals surface area contributed by atoms with E-state index in [1.54, 1.807) is 0 Å². The molecule has 0 aromatic heterocycles. The van der Waals surface area contributed by atoms with E-state index in [1.807, 2.05) is 5.32 Å². The number of nitrogens with one attached hydrogen (secondary N) is 4. The minimum atomic E-state index is -1.83. The third-order valence-corrected chi connectivity index (χ3v) is 6.14. The van der Waals surface area contributed by atoms with Crippen molar-refractivity contribution in [2.45, 2.75) is 88.0 Å². The van der Waals surface area contributed by atoms with Gasteiger partial charge >= 0.3 is 17.9 Å². The van der Waals surface area contributed by atoms with Crippen molar-refractivity contribution < 1.29 is 71.2 Å². The number of carboxylic acid groups (broad SMARTS) is 3. The second kappa shape index (κ2) is 20.9. The van der Waals surface area contributed by atoms with Gasteiger partial charge in [-0.25, -0.2) is 4.79 Å². The Kier molecular flexibility index (Phi) is 19.0. The largest absolute Gasteiger partial charge is 0.481 e. The molecule has 0 aliphatic heterocycles. The lowest BCUT2D eigenvalue weighted by Gasteiger charge is -2.25. The zero-order valence-electron chi connectivity index (χ0n) is 23.6. The van der Waals surface area contributed by atoms with Crippen LogP contribution in [0.1, 0.15) is 57.8 Å². The molecule has 0 saturated carbocycles. The number of amides is 4. The van der Waals surface area contributed by atoms with Crippen LogP contribution in [0.25, 0.3) is 0 Å². The molecule has 0 unspecified atom stereocenters. The number of aliphatic hydroxyl groups excluding tert-OH is 1. The Bertz CT molecular complexity index is 934. The quantitative estimate of drug-likeness (QED) is 0.0484. The summed E-state index contributed by atoms with van der Waals surface area (Å²) in [7, 11) is 0. The molecular weight excluding hydrogens is 562 g/mol. The van der Waals surface area contributed by atoms with E-state index in [-0.39, 0.29) is 12.8 Å². The molecule has 0 aliphatic carbocycles. The van der Waals surface area contributed by atoms with Gasteiger partial charge in [0.05, 0.1) is 26.1 Å². The molecule has 0 spiro atoms. The van der Waals surface area contributed by atoms with Crippen molar-refractivity contribution in [3.8, 4) is 0 Å². The van der Waals surface area contributed by atoms with Crippen LogP contribution in [0, 0.1) is 0 Å². The van der Waals surface area contributed by atoms with Crippen molar-refractivity contribution in [3.63, 3.8) is 0 Å². The van der Waals surface area contributed by atoms with E-state index in [1.165, 1.54) is 0 Å². The molecule has 4 amide bonds. The standard InChI is InChI=1S/C24H43N7O11/c25-9-3-1-5-13(27)20(37)28-15(7-8-18(33)34)22(39)29-14(6-2-4-10-26)21(38)31-17(12-32)23(40)30-16(24(41)42)11-19(35)36/h13-17,32H,1-12,25-27H2,(H,28,37)(H,29,39)(H,30,40)(H,31,38)(H,33,34)(H,35,36)(H,41,42)/p+3/t13-,14-,15-,16-,17-/m0/s1. The summed E-state index contributed by atoms with van der Waals surface area (Å²) in [5.41, 5.74) is 11.2. The summed E-state index contributed by atoms with van der Waals surface area (Å²) in [6.07, 6.45) is 1.18. The van der Waals surface area contributed by atoms with E-state index in [4.69, 9.17) is 15.3 Å². The van der Waals surface area contributed by atoms with Gasteiger partial charge in [-0.1, -0.05) is 0 Å². The topological polar surface area (TPSA) is 331 Å². The fraction of sp³-hybridized carbons (Fsp3) is 0.708.